The Morgan fingerprint density at radius 1 is 0.960 bits per heavy atom. The number of carbonyl (C=O) groups excluding carboxylic acids is 1. The Balaban J connectivity index is 2.32. The second-order valence-electron chi connectivity index (χ2n) is 6.00. The van der Waals surface area contributed by atoms with Crippen molar-refractivity contribution in [3.8, 4) is 17.2 Å². The minimum atomic E-state index is -0.689. The highest BCUT2D eigenvalue weighted by Gasteiger charge is 2.25. The molecule has 2 aromatic rings. The average Bonchev–Trinajstić information content (AvgIpc) is 2.60. The predicted octanol–water partition coefficient (Wildman–Crippen LogP) is 3.52. The molecule has 0 aliphatic rings. The molecule has 6 heteroatoms. The number of hydrogen-bond acceptors (Lipinski definition) is 4. The van der Waals surface area contributed by atoms with Crippen LogP contribution >= 0.6 is 0 Å². The van der Waals surface area contributed by atoms with E-state index < -0.39 is 5.54 Å². The summed E-state index contributed by atoms with van der Waals surface area (Å²) in [6.07, 6.45) is 0. The van der Waals surface area contributed by atoms with E-state index in [0.717, 1.165) is 5.56 Å². The van der Waals surface area contributed by atoms with Gasteiger partial charge in [0.05, 0.1) is 26.9 Å². The fraction of sp³-hybridized carbons (Fsp3) is 0.316. The molecule has 0 aliphatic carbocycles. The number of benzene rings is 2. The van der Waals surface area contributed by atoms with Gasteiger partial charge in [0.1, 0.15) is 5.82 Å². The molecule has 0 radical (unpaired) electrons. The Labute approximate surface area is 146 Å². The third-order valence-electron chi connectivity index (χ3n) is 3.92. The summed E-state index contributed by atoms with van der Waals surface area (Å²) in [7, 11) is 4.47. The van der Waals surface area contributed by atoms with Gasteiger partial charge in [-0.15, -0.1) is 0 Å². The Kier molecular flexibility index (Phi) is 5.51. The first kappa shape index (κ1) is 18.6. The lowest BCUT2D eigenvalue weighted by Gasteiger charge is -2.27. The van der Waals surface area contributed by atoms with E-state index in [9.17, 15) is 9.18 Å². The molecule has 0 aliphatic heterocycles. The maximum absolute atomic E-state index is 13.1. The van der Waals surface area contributed by atoms with E-state index in [0.29, 0.717) is 22.8 Å². The quantitative estimate of drug-likeness (QED) is 0.869. The number of hydrogen-bond donors (Lipinski definition) is 1. The van der Waals surface area contributed by atoms with Crippen molar-refractivity contribution in [1.29, 1.82) is 0 Å². The van der Waals surface area contributed by atoms with Crippen LogP contribution in [0.2, 0.25) is 0 Å². The highest BCUT2D eigenvalue weighted by molar-refractivity contribution is 5.96. The number of nitrogens with one attached hydrogen (secondary N) is 1. The van der Waals surface area contributed by atoms with Crippen molar-refractivity contribution in [3.05, 3.63) is 53.3 Å². The molecule has 1 amide bonds. The van der Waals surface area contributed by atoms with E-state index in [2.05, 4.69) is 5.32 Å². The molecular formula is C19H22FNO4. The van der Waals surface area contributed by atoms with Crippen LogP contribution in [0, 0.1) is 5.82 Å². The summed E-state index contributed by atoms with van der Waals surface area (Å²) >= 11 is 0. The van der Waals surface area contributed by atoms with Crippen molar-refractivity contribution in [2.24, 2.45) is 0 Å². The lowest BCUT2D eigenvalue weighted by atomic mass is 9.93. The summed E-state index contributed by atoms with van der Waals surface area (Å²) in [5.74, 6) is 0.571. The molecule has 2 rings (SSSR count). The average molecular weight is 347 g/mol. The first-order chi connectivity index (χ1) is 11.8. The van der Waals surface area contributed by atoms with Crippen LogP contribution in [0.1, 0.15) is 29.8 Å². The molecule has 134 valence electrons. The maximum atomic E-state index is 13.1. The highest BCUT2D eigenvalue weighted by Crippen LogP contribution is 2.38. The molecule has 0 unspecified atom stereocenters. The van der Waals surface area contributed by atoms with Gasteiger partial charge < -0.3 is 19.5 Å². The van der Waals surface area contributed by atoms with Gasteiger partial charge in [0, 0.05) is 5.56 Å². The van der Waals surface area contributed by atoms with Crippen LogP contribution < -0.4 is 19.5 Å². The second-order valence-corrected chi connectivity index (χ2v) is 6.00. The van der Waals surface area contributed by atoms with Crippen molar-refractivity contribution in [3.63, 3.8) is 0 Å². The molecule has 0 fully saturated rings. The van der Waals surface area contributed by atoms with Crippen molar-refractivity contribution in [2.45, 2.75) is 19.4 Å². The molecule has 25 heavy (non-hydrogen) atoms. The van der Waals surface area contributed by atoms with Gasteiger partial charge in [-0.25, -0.2) is 4.39 Å². The lowest BCUT2D eigenvalue weighted by Crippen LogP contribution is -2.41. The monoisotopic (exact) mass is 347 g/mol. The Bertz CT molecular complexity index is 732. The van der Waals surface area contributed by atoms with Gasteiger partial charge in [-0.05, 0) is 43.7 Å². The van der Waals surface area contributed by atoms with Crippen molar-refractivity contribution < 1.29 is 23.4 Å². The number of halogens is 1. The zero-order chi connectivity index (χ0) is 18.6. The summed E-state index contributed by atoms with van der Waals surface area (Å²) in [5, 5.41) is 2.94. The van der Waals surface area contributed by atoms with Gasteiger partial charge in [-0.1, -0.05) is 12.1 Å². The van der Waals surface area contributed by atoms with Crippen LogP contribution in [0.4, 0.5) is 4.39 Å². The number of carbonyl (C=O) groups is 1. The number of rotatable bonds is 6. The fourth-order valence-corrected chi connectivity index (χ4v) is 2.51. The lowest BCUT2D eigenvalue weighted by molar-refractivity contribution is 0.0911. The highest BCUT2D eigenvalue weighted by atomic mass is 19.1. The molecule has 2 aromatic carbocycles. The SMILES string of the molecule is COc1cc(C(=O)NC(C)(C)c2ccc(F)cc2)cc(OC)c1OC. The van der Waals surface area contributed by atoms with Crippen molar-refractivity contribution in [2.75, 3.05) is 21.3 Å². The van der Waals surface area contributed by atoms with Crippen LogP contribution in [-0.2, 0) is 5.54 Å². The first-order valence-corrected chi connectivity index (χ1v) is 7.71. The number of amides is 1. The largest absolute Gasteiger partial charge is 0.493 e. The Morgan fingerprint density at radius 2 is 1.48 bits per heavy atom. The molecule has 0 heterocycles. The van der Waals surface area contributed by atoms with Gasteiger partial charge in [0.15, 0.2) is 11.5 Å². The van der Waals surface area contributed by atoms with E-state index in [1.807, 2.05) is 13.8 Å². The summed E-state index contributed by atoms with van der Waals surface area (Å²) in [6.45, 7) is 3.69. The van der Waals surface area contributed by atoms with E-state index in [-0.39, 0.29) is 11.7 Å². The molecule has 5 nitrogen and oxygen atoms in total. The summed E-state index contributed by atoms with van der Waals surface area (Å²) < 4.78 is 28.9. The number of ether oxygens (including phenoxy) is 3. The standard InChI is InChI=1S/C19H22FNO4/c1-19(2,13-6-8-14(20)9-7-13)21-18(22)12-10-15(23-3)17(25-5)16(11-12)24-4/h6-11H,1-5H3,(H,21,22). The molecule has 0 bridgehead atoms. The van der Waals surface area contributed by atoms with E-state index in [1.54, 1.807) is 24.3 Å². The normalized spacial score (nSPS) is 11.0. The van der Waals surface area contributed by atoms with Crippen LogP contribution in [0.25, 0.3) is 0 Å². The van der Waals surface area contributed by atoms with Crippen LogP contribution in [-0.4, -0.2) is 27.2 Å². The fourth-order valence-electron chi connectivity index (χ4n) is 2.51. The smallest absolute Gasteiger partial charge is 0.252 e. The minimum absolute atomic E-state index is 0.312. The predicted molar refractivity (Wildman–Crippen MR) is 93.0 cm³/mol. The molecular weight excluding hydrogens is 325 g/mol. The van der Waals surface area contributed by atoms with Gasteiger partial charge in [0.2, 0.25) is 5.75 Å². The van der Waals surface area contributed by atoms with Crippen molar-refractivity contribution >= 4 is 5.91 Å². The van der Waals surface area contributed by atoms with Crippen LogP contribution in [0.5, 0.6) is 17.2 Å². The van der Waals surface area contributed by atoms with Gasteiger partial charge in [-0.2, -0.15) is 0 Å². The molecule has 0 saturated heterocycles. The zero-order valence-electron chi connectivity index (χ0n) is 15.0. The second kappa shape index (κ2) is 7.42. The van der Waals surface area contributed by atoms with Crippen LogP contribution in [0.3, 0.4) is 0 Å². The van der Waals surface area contributed by atoms with Gasteiger partial charge >= 0.3 is 0 Å². The van der Waals surface area contributed by atoms with Crippen LogP contribution in [0.15, 0.2) is 36.4 Å². The zero-order valence-corrected chi connectivity index (χ0v) is 15.0. The topological polar surface area (TPSA) is 56.8 Å². The van der Waals surface area contributed by atoms with E-state index >= 15 is 0 Å². The minimum Gasteiger partial charge on any atom is -0.493 e. The van der Waals surface area contributed by atoms with Gasteiger partial charge in [-0.3, -0.25) is 4.79 Å². The molecule has 0 spiro atoms. The first-order valence-electron chi connectivity index (χ1n) is 7.71. The van der Waals surface area contributed by atoms with E-state index in [4.69, 9.17) is 14.2 Å². The summed E-state index contributed by atoms with van der Waals surface area (Å²) in [4.78, 5) is 12.7. The molecule has 0 atom stereocenters. The van der Waals surface area contributed by atoms with Crippen molar-refractivity contribution in [1.82, 2.24) is 5.32 Å². The summed E-state index contributed by atoms with van der Waals surface area (Å²) in [6, 6.07) is 9.18. The molecule has 1 N–H and O–H groups in total. The molecule has 0 aromatic heterocycles. The Hall–Kier alpha value is -2.76. The third kappa shape index (κ3) is 4.02. The maximum Gasteiger partial charge on any atom is 0.252 e. The van der Waals surface area contributed by atoms with E-state index in [1.165, 1.54) is 33.5 Å². The molecule has 0 saturated carbocycles. The Morgan fingerprint density at radius 3 is 1.92 bits per heavy atom. The third-order valence-corrected chi connectivity index (χ3v) is 3.92. The number of methoxy groups -OCH3 is 3. The summed E-state index contributed by atoms with van der Waals surface area (Å²) in [5.41, 5.74) is 0.463. The van der Waals surface area contributed by atoms with Gasteiger partial charge in [0.25, 0.3) is 5.91 Å².